The highest BCUT2D eigenvalue weighted by atomic mass is 35.5. The number of nitrogens with two attached hydrogens (primary N) is 1. The summed E-state index contributed by atoms with van der Waals surface area (Å²) in [6, 6.07) is 11.7. The number of amides is 2. The second kappa shape index (κ2) is 9.66. The quantitative estimate of drug-likeness (QED) is 0.699. The van der Waals surface area contributed by atoms with E-state index in [4.69, 9.17) is 5.73 Å². The molecule has 152 valence electrons. The van der Waals surface area contributed by atoms with E-state index in [1.54, 1.807) is 12.1 Å². The van der Waals surface area contributed by atoms with Crippen LogP contribution in [0.15, 0.2) is 48.5 Å². The summed E-state index contributed by atoms with van der Waals surface area (Å²) < 4.78 is 12.9. The van der Waals surface area contributed by atoms with E-state index in [1.165, 1.54) is 24.3 Å². The van der Waals surface area contributed by atoms with Crippen LogP contribution in [0.4, 0.5) is 10.1 Å². The second-order valence-corrected chi connectivity index (χ2v) is 7.66. The summed E-state index contributed by atoms with van der Waals surface area (Å²) in [5.74, 6) is -0.915. The van der Waals surface area contributed by atoms with Gasteiger partial charge in [-0.2, -0.15) is 0 Å². The number of anilines is 1. The number of halogens is 2. The molecule has 0 saturated heterocycles. The minimum atomic E-state index is -0.603. The van der Waals surface area contributed by atoms with E-state index in [2.05, 4.69) is 10.6 Å². The molecule has 7 heteroatoms. The molecule has 0 spiro atoms. The zero-order chi connectivity index (χ0) is 20.2. The maximum atomic E-state index is 12.9. The Balaban J connectivity index is 0.00000392. The first kappa shape index (κ1) is 23.6. The van der Waals surface area contributed by atoms with Crippen LogP contribution in [-0.4, -0.2) is 17.9 Å². The van der Waals surface area contributed by atoms with Crippen molar-refractivity contribution in [3.05, 3.63) is 65.5 Å². The summed E-state index contributed by atoms with van der Waals surface area (Å²) in [6.07, 6.45) is 0. The Labute approximate surface area is 171 Å². The van der Waals surface area contributed by atoms with Gasteiger partial charge in [0.25, 0.3) is 5.91 Å². The number of benzene rings is 2. The summed E-state index contributed by atoms with van der Waals surface area (Å²) in [4.78, 5) is 24.4. The van der Waals surface area contributed by atoms with Gasteiger partial charge in [-0.1, -0.05) is 32.9 Å². The van der Waals surface area contributed by atoms with Gasteiger partial charge in [0, 0.05) is 11.3 Å². The molecule has 0 fully saturated rings. The molecule has 2 atom stereocenters. The Kier molecular flexibility index (Phi) is 8.14. The molecule has 28 heavy (non-hydrogen) atoms. The minimum absolute atomic E-state index is 0. The monoisotopic (exact) mass is 407 g/mol. The molecule has 0 aromatic heterocycles. The standard InChI is InChI=1S/C21H26FN3O2.ClH/c1-13(24-20(27)18(23)21(2,3)4)14-7-11-17(12-8-14)25-19(26)15-5-9-16(22)10-6-15;/h5-13,18H,23H2,1-4H3,(H,24,27)(H,25,26);1H/t13?,18-;/m1./s1. The molecule has 0 aliphatic rings. The van der Waals surface area contributed by atoms with Crippen molar-refractivity contribution < 1.29 is 14.0 Å². The smallest absolute Gasteiger partial charge is 0.255 e. The molecule has 1 unspecified atom stereocenters. The molecule has 2 rings (SSSR count). The molecule has 0 radical (unpaired) electrons. The average molecular weight is 408 g/mol. The lowest BCUT2D eigenvalue weighted by Gasteiger charge is -2.27. The van der Waals surface area contributed by atoms with Crippen molar-refractivity contribution in [3.8, 4) is 0 Å². The van der Waals surface area contributed by atoms with Gasteiger partial charge in [-0.15, -0.1) is 12.4 Å². The van der Waals surface area contributed by atoms with Gasteiger partial charge in [-0.25, -0.2) is 4.39 Å². The lowest BCUT2D eigenvalue weighted by molar-refractivity contribution is -0.125. The van der Waals surface area contributed by atoms with Crippen molar-refractivity contribution in [3.63, 3.8) is 0 Å². The van der Waals surface area contributed by atoms with Crippen LogP contribution < -0.4 is 16.4 Å². The summed E-state index contributed by atoms with van der Waals surface area (Å²) in [7, 11) is 0. The van der Waals surface area contributed by atoms with Crippen molar-refractivity contribution in [1.82, 2.24) is 5.32 Å². The van der Waals surface area contributed by atoms with Crippen LogP contribution in [-0.2, 0) is 4.79 Å². The lowest BCUT2D eigenvalue weighted by Crippen LogP contribution is -2.49. The van der Waals surface area contributed by atoms with E-state index >= 15 is 0 Å². The van der Waals surface area contributed by atoms with Crippen LogP contribution in [0.25, 0.3) is 0 Å². The summed E-state index contributed by atoms with van der Waals surface area (Å²) in [6.45, 7) is 7.63. The first-order chi connectivity index (χ1) is 12.6. The van der Waals surface area contributed by atoms with Gasteiger partial charge in [-0.05, 0) is 54.3 Å². The second-order valence-electron chi connectivity index (χ2n) is 7.66. The average Bonchev–Trinajstić information content (AvgIpc) is 2.61. The fourth-order valence-corrected chi connectivity index (χ4v) is 2.44. The van der Waals surface area contributed by atoms with Crippen LogP contribution in [0.1, 0.15) is 49.7 Å². The SMILES string of the molecule is CC(NC(=O)[C@@H](N)C(C)(C)C)c1ccc(NC(=O)c2ccc(F)cc2)cc1.Cl. The zero-order valence-electron chi connectivity index (χ0n) is 16.5. The Hall–Kier alpha value is -2.44. The summed E-state index contributed by atoms with van der Waals surface area (Å²) in [5, 5.41) is 5.66. The first-order valence-corrected chi connectivity index (χ1v) is 8.81. The van der Waals surface area contributed by atoms with Gasteiger partial charge in [0.2, 0.25) is 5.91 Å². The predicted molar refractivity (Wildman–Crippen MR) is 112 cm³/mol. The van der Waals surface area contributed by atoms with Gasteiger partial charge in [0.05, 0.1) is 12.1 Å². The Bertz CT molecular complexity index is 802. The Morgan fingerprint density at radius 2 is 1.54 bits per heavy atom. The van der Waals surface area contributed by atoms with Gasteiger partial charge in [0.15, 0.2) is 0 Å². The molecule has 2 aromatic carbocycles. The van der Waals surface area contributed by atoms with Gasteiger partial charge in [-0.3, -0.25) is 9.59 Å². The minimum Gasteiger partial charge on any atom is -0.348 e. The van der Waals surface area contributed by atoms with Crippen molar-refractivity contribution >= 4 is 29.9 Å². The fourth-order valence-electron chi connectivity index (χ4n) is 2.44. The molecule has 0 saturated carbocycles. The van der Waals surface area contributed by atoms with Crippen molar-refractivity contribution in [2.24, 2.45) is 11.1 Å². The number of carbonyl (C=O) groups is 2. The molecular formula is C21H27ClFN3O2. The largest absolute Gasteiger partial charge is 0.348 e. The topological polar surface area (TPSA) is 84.2 Å². The van der Waals surface area contributed by atoms with E-state index in [0.29, 0.717) is 11.3 Å². The lowest BCUT2D eigenvalue weighted by atomic mass is 9.86. The Morgan fingerprint density at radius 3 is 2.04 bits per heavy atom. The summed E-state index contributed by atoms with van der Waals surface area (Å²) in [5.41, 5.74) is 7.53. The first-order valence-electron chi connectivity index (χ1n) is 8.81. The molecule has 0 aliphatic carbocycles. The van der Waals surface area contributed by atoms with Crippen LogP contribution in [0.2, 0.25) is 0 Å². The molecule has 2 amide bonds. The van der Waals surface area contributed by atoms with Crippen molar-refractivity contribution in [2.75, 3.05) is 5.32 Å². The third-order valence-electron chi connectivity index (χ3n) is 4.35. The molecule has 2 aromatic rings. The van der Waals surface area contributed by atoms with Crippen LogP contribution in [0.3, 0.4) is 0 Å². The van der Waals surface area contributed by atoms with Gasteiger partial charge in [0.1, 0.15) is 5.82 Å². The highest BCUT2D eigenvalue weighted by Crippen LogP contribution is 2.20. The van der Waals surface area contributed by atoms with Crippen LogP contribution in [0.5, 0.6) is 0 Å². The molecule has 5 nitrogen and oxygen atoms in total. The molecule has 0 heterocycles. The molecule has 0 bridgehead atoms. The Morgan fingerprint density at radius 1 is 1.00 bits per heavy atom. The maximum Gasteiger partial charge on any atom is 0.255 e. The molecule has 0 aliphatic heterocycles. The van der Waals surface area contributed by atoms with Crippen molar-refractivity contribution in [2.45, 2.75) is 39.8 Å². The molecule has 4 N–H and O–H groups in total. The van der Waals surface area contributed by atoms with Crippen LogP contribution >= 0.6 is 12.4 Å². The number of carbonyl (C=O) groups excluding carboxylic acids is 2. The number of hydrogen-bond donors (Lipinski definition) is 3. The third-order valence-corrected chi connectivity index (χ3v) is 4.35. The predicted octanol–water partition coefficient (Wildman–Crippen LogP) is 4.05. The van der Waals surface area contributed by atoms with Crippen LogP contribution in [0, 0.1) is 11.2 Å². The third kappa shape index (κ3) is 6.32. The highest BCUT2D eigenvalue weighted by molar-refractivity contribution is 6.04. The summed E-state index contributed by atoms with van der Waals surface area (Å²) >= 11 is 0. The van der Waals surface area contributed by atoms with E-state index in [9.17, 15) is 14.0 Å². The van der Waals surface area contributed by atoms with E-state index < -0.39 is 11.9 Å². The zero-order valence-corrected chi connectivity index (χ0v) is 17.3. The number of hydrogen-bond acceptors (Lipinski definition) is 3. The van der Waals surface area contributed by atoms with Gasteiger partial charge < -0.3 is 16.4 Å². The number of rotatable bonds is 5. The van der Waals surface area contributed by atoms with E-state index in [-0.39, 0.29) is 35.7 Å². The normalized spacial score (nSPS) is 13.1. The van der Waals surface area contributed by atoms with E-state index in [0.717, 1.165) is 5.56 Å². The van der Waals surface area contributed by atoms with E-state index in [1.807, 2.05) is 39.8 Å². The van der Waals surface area contributed by atoms with Crippen molar-refractivity contribution in [1.29, 1.82) is 0 Å². The molecular weight excluding hydrogens is 381 g/mol. The fraction of sp³-hybridized carbons (Fsp3) is 0.333. The maximum absolute atomic E-state index is 12.9. The highest BCUT2D eigenvalue weighted by Gasteiger charge is 2.28. The van der Waals surface area contributed by atoms with Gasteiger partial charge >= 0.3 is 0 Å². The number of nitrogens with one attached hydrogen (secondary N) is 2.